The van der Waals surface area contributed by atoms with Gasteiger partial charge in [-0.3, -0.25) is 4.79 Å². The van der Waals surface area contributed by atoms with Crippen molar-refractivity contribution in [3.8, 4) is 16.3 Å². The molecule has 1 aliphatic heterocycles. The van der Waals surface area contributed by atoms with Crippen molar-refractivity contribution in [3.05, 3.63) is 62.7 Å². The van der Waals surface area contributed by atoms with Crippen LogP contribution in [0.3, 0.4) is 0 Å². The monoisotopic (exact) mass is 617 g/mol. The first-order valence-electron chi connectivity index (χ1n) is 11.9. The number of carbonyl (C=O) groups is 2. The molecule has 0 fully saturated rings. The molecule has 1 aliphatic rings. The van der Waals surface area contributed by atoms with Crippen molar-refractivity contribution in [2.24, 2.45) is 0 Å². The summed E-state index contributed by atoms with van der Waals surface area (Å²) in [6, 6.07) is 9.90. The minimum absolute atomic E-state index is 0.00639. The third-order valence-corrected chi connectivity index (χ3v) is 8.57. The van der Waals surface area contributed by atoms with Crippen LogP contribution in [0.15, 0.2) is 40.9 Å². The highest BCUT2D eigenvalue weighted by molar-refractivity contribution is 9.10. The SMILES string of the molecule is COc1cc(C(=O)Nc2sc3c(c2-c2nc4ccc(Br)cc4s2)CCN(C(=O)OC(C)(C)C)C3)ccc1F. The van der Waals surface area contributed by atoms with Crippen LogP contribution in [0.4, 0.5) is 14.2 Å². The lowest BCUT2D eigenvalue weighted by molar-refractivity contribution is 0.0226. The molecule has 0 unspecified atom stereocenters. The van der Waals surface area contributed by atoms with Gasteiger partial charge in [0, 0.05) is 27.0 Å². The fourth-order valence-electron chi connectivity index (χ4n) is 4.18. The zero-order chi connectivity index (χ0) is 27.2. The van der Waals surface area contributed by atoms with Crippen LogP contribution in [0.2, 0.25) is 0 Å². The molecule has 0 spiro atoms. The molecule has 2 aromatic heterocycles. The van der Waals surface area contributed by atoms with Crippen molar-refractivity contribution in [1.29, 1.82) is 0 Å². The number of nitrogens with one attached hydrogen (secondary N) is 1. The number of rotatable bonds is 4. The zero-order valence-electron chi connectivity index (χ0n) is 21.2. The van der Waals surface area contributed by atoms with Gasteiger partial charge in [0.15, 0.2) is 11.6 Å². The van der Waals surface area contributed by atoms with Gasteiger partial charge in [0.25, 0.3) is 5.91 Å². The summed E-state index contributed by atoms with van der Waals surface area (Å²) in [5.74, 6) is -0.941. The summed E-state index contributed by atoms with van der Waals surface area (Å²) in [5.41, 5.74) is 2.44. The molecule has 7 nitrogen and oxygen atoms in total. The van der Waals surface area contributed by atoms with E-state index in [1.54, 1.807) is 16.2 Å². The molecule has 1 N–H and O–H groups in total. The van der Waals surface area contributed by atoms with Crippen LogP contribution in [0.5, 0.6) is 5.75 Å². The van der Waals surface area contributed by atoms with E-state index >= 15 is 0 Å². The Morgan fingerprint density at radius 1 is 1.16 bits per heavy atom. The van der Waals surface area contributed by atoms with Gasteiger partial charge in [-0.2, -0.15) is 0 Å². The number of thiophene rings is 1. The topological polar surface area (TPSA) is 80.8 Å². The molecule has 2 aromatic carbocycles. The quantitative estimate of drug-likeness (QED) is 0.257. The van der Waals surface area contributed by atoms with E-state index in [1.807, 2.05) is 39.0 Å². The van der Waals surface area contributed by atoms with Crippen molar-refractivity contribution < 1.29 is 23.5 Å². The van der Waals surface area contributed by atoms with Crippen molar-refractivity contribution in [2.75, 3.05) is 19.0 Å². The van der Waals surface area contributed by atoms with E-state index < -0.39 is 17.3 Å². The Kier molecular flexibility index (Phi) is 7.19. The van der Waals surface area contributed by atoms with Crippen LogP contribution in [-0.4, -0.2) is 41.1 Å². The third-order valence-electron chi connectivity index (χ3n) is 5.91. The Morgan fingerprint density at radius 2 is 1.95 bits per heavy atom. The molecule has 0 saturated heterocycles. The third kappa shape index (κ3) is 5.41. The van der Waals surface area contributed by atoms with E-state index in [4.69, 9.17) is 14.5 Å². The Hall–Kier alpha value is -3.02. The lowest BCUT2D eigenvalue weighted by atomic mass is 10.0. The molecule has 0 saturated carbocycles. The first-order chi connectivity index (χ1) is 18.0. The van der Waals surface area contributed by atoms with E-state index in [0.29, 0.717) is 24.5 Å². The summed E-state index contributed by atoms with van der Waals surface area (Å²) in [5, 5.41) is 4.43. The molecule has 3 heterocycles. The number of ether oxygens (including phenoxy) is 2. The molecular weight excluding hydrogens is 593 g/mol. The maximum absolute atomic E-state index is 13.9. The molecule has 38 heavy (non-hydrogen) atoms. The fraction of sp³-hybridized carbons (Fsp3) is 0.296. The normalized spacial score (nSPS) is 13.4. The fourth-order valence-corrected chi connectivity index (χ4v) is 7.10. The number of benzene rings is 2. The molecule has 2 amide bonds. The lowest BCUT2D eigenvalue weighted by Gasteiger charge is -2.30. The van der Waals surface area contributed by atoms with Crippen LogP contribution in [-0.2, 0) is 17.7 Å². The van der Waals surface area contributed by atoms with E-state index in [0.717, 1.165) is 35.7 Å². The van der Waals surface area contributed by atoms with Crippen molar-refractivity contribution in [3.63, 3.8) is 0 Å². The molecule has 11 heteroatoms. The second kappa shape index (κ2) is 10.3. The smallest absolute Gasteiger partial charge is 0.410 e. The Labute approximate surface area is 235 Å². The Morgan fingerprint density at radius 3 is 2.68 bits per heavy atom. The predicted molar refractivity (Wildman–Crippen MR) is 152 cm³/mol. The highest BCUT2D eigenvalue weighted by Gasteiger charge is 2.31. The largest absolute Gasteiger partial charge is 0.494 e. The number of anilines is 1. The Bertz CT molecular complexity index is 1560. The van der Waals surface area contributed by atoms with E-state index in [9.17, 15) is 14.0 Å². The second-order valence-corrected chi connectivity index (χ2v) is 12.8. The number of aromatic nitrogens is 1. The number of hydrogen-bond acceptors (Lipinski definition) is 7. The minimum Gasteiger partial charge on any atom is -0.494 e. The number of amides is 2. The van der Waals surface area contributed by atoms with Gasteiger partial charge in [0.2, 0.25) is 0 Å². The standard InChI is InChI=1S/C27H25BrFN3O4S2/c1-27(2,3)36-26(34)32-10-9-16-21(13-32)38-25(31-23(33)14-5-7-17(29)19(11-14)35-4)22(16)24-30-18-8-6-15(28)12-20(18)37-24/h5-8,11-12H,9-10,13H2,1-4H3,(H,31,33). The predicted octanol–water partition coefficient (Wildman–Crippen LogP) is 7.48. The summed E-state index contributed by atoms with van der Waals surface area (Å²) >= 11 is 6.48. The van der Waals surface area contributed by atoms with Gasteiger partial charge in [-0.1, -0.05) is 15.9 Å². The molecule has 0 radical (unpaired) electrons. The number of fused-ring (bicyclic) bond motifs is 2. The van der Waals surface area contributed by atoms with Crippen LogP contribution >= 0.6 is 38.6 Å². The number of carbonyl (C=O) groups excluding carboxylic acids is 2. The number of thiazole rings is 1. The van der Waals surface area contributed by atoms with Gasteiger partial charge in [0.05, 0.1) is 23.9 Å². The van der Waals surface area contributed by atoms with Gasteiger partial charge in [0.1, 0.15) is 15.6 Å². The van der Waals surface area contributed by atoms with Crippen molar-refractivity contribution >= 4 is 65.8 Å². The molecule has 0 atom stereocenters. The van der Waals surface area contributed by atoms with Gasteiger partial charge in [-0.05, 0) is 69.2 Å². The van der Waals surface area contributed by atoms with E-state index in [2.05, 4.69) is 21.2 Å². The molecule has 0 bridgehead atoms. The molecular formula is C27H25BrFN3O4S2. The van der Waals surface area contributed by atoms with Crippen LogP contribution in [0.25, 0.3) is 20.8 Å². The van der Waals surface area contributed by atoms with Crippen molar-refractivity contribution in [1.82, 2.24) is 9.88 Å². The molecule has 0 aliphatic carbocycles. The maximum atomic E-state index is 13.9. The van der Waals surface area contributed by atoms with Gasteiger partial charge in [-0.15, -0.1) is 22.7 Å². The Balaban J connectivity index is 1.54. The van der Waals surface area contributed by atoms with E-state index in [-0.39, 0.29) is 17.4 Å². The maximum Gasteiger partial charge on any atom is 0.410 e. The highest BCUT2D eigenvalue weighted by Crippen LogP contribution is 2.46. The average Bonchev–Trinajstić information content (AvgIpc) is 3.42. The number of methoxy groups -OCH3 is 1. The zero-order valence-corrected chi connectivity index (χ0v) is 24.4. The van der Waals surface area contributed by atoms with Crippen LogP contribution in [0, 0.1) is 5.82 Å². The highest BCUT2D eigenvalue weighted by atomic mass is 79.9. The molecule has 4 aromatic rings. The van der Waals surface area contributed by atoms with E-state index in [1.165, 1.54) is 36.6 Å². The van der Waals surface area contributed by atoms with Gasteiger partial charge < -0.3 is 19.7 Å². The first-order valence-corrected chi connectivity index (χ1v) is 14.3. The summed E-state index contributed by atoms with van der Waals surface area (Å²) < 4.78 is 26.5. The molecule has 198 valence electrons. The number of halogens is 2. The minimum atomic E-state index is -0.595. The van der Waals surface area contributed by atoms with Gasteiger partial charge in [-0.25, -0.2) is 14.2 Å². The molecule has 5 rings (SSSR count). The number of hydrogen-bond donors (Lipinski definition) is 1. The summed E-state index contributed by atoms with van der Waals surface area (Å²) in [6.07, 6.45) is 0.229. The first kappa shape index (κ1) is 26.6. The average molecular weight is 619 g/mol. The summed E-state index contributed by atoms with van der Waals surface area (Å²) in [4.78, 5) is 33.5. The van der Waals surface area contributed by atoms with Crippen molar-refractivity contribution in [2.45, 2.75) is 39.3 Å². The summed E-state index contributed by atoms with van der Waals surface area (Å²) in [6.45, 7) is 6.39. The van der Waals surface area contributed by atoms with Crippen LogP contribution < -0.4 is 10.1 Å². The number of nitrogens with zero attached hydrogens (tertiary/aromatic N) is 2. The van der Waals surface area contributed by atoms with Crippen LogP contribution in [0.1, 0.15) is 41.6 Å². The summed E-state index contributed by atoms with van der Waals surface area (Å²) in [7, 11) is 1.35. The second-order valence-electron chi connectivity index (χ2n) is 9.79. The van der Waals surface area contributed by atoms with Gasteiger partial charge >= 0.3 is 6.09 Å². The lowest BCUT2D eigenvalue weighted by Crippen LogP contribution is -2.39.